The number of benzene rings is 1. The molecule has 0 aliphatic carbocycles. The van der Waals surface area contributed by atoms with Crippen molar-refractivity contribution in [1.82, 2.24) is 10.3 Å². The maximum absolute atomic E-state index is 11.8. The molecule has 2 aromatic rings. The Hall–Kier alpha value is -2.45. The maximum Gasteiger partial charge on any atom is 0.251 e. The molecule has 23 heavy (non-hydrogen) atoms. The van der Waals surface area contributed by atoms with Crippen LogP contribution in [-0.2, 0) is 10.0 Å². The van der Waals surface area contributed by atoms with E-state index in [4.69, 9.17) is 5.14 Å². The molecular weight excluding hydrogens is 316 g/mol. The number of sulfonamides is 1. The van der Waals surface area contributed by atoms with E-state index in [1.165, 1.54) is 18.3 Å². The zero-order chi connectivity index (χ0) is 16.7. The molecule has 1 aromatic carbocycles. The van der Waals surface area contributed by atoms with Gasteiger partial charge in [0.15, 0.2) is 0 Å². The van der Waals surface area contributed by atoms with Crippen molar-refractivity contribution in [2.75, 3.05) is 18.4 Å². The van der Waals surface area contributed by atoms with Gasteiger partial charge in [-0.1, -0.05) is 18.2 Å². The van der Waals surface area contributed by atoms with Gasteiger partial charge in [-0.25, -0.2) is 18.5 Å². The highest BCUT2D eigenvalue weighted by molar-refractivity contribution is 7.89. The maximum atomic E-state index is 11.8. The first kappa shape index (κ1) is 16.9. The molecule has 0 saturated carbocycles. The predicted octanol–water partition coefficient (Wildman–Crippen LogP) is 0.961. The quantitative estimate of drug-likeness (QED) is 0.653. The van der Waals surface area contributed by atoms with E-state index < -0.39 is 10.0 Å². The minimum Gasteiger partial charge on any atom is -0.369 e. The number of primary sulfonamides is 1. The first-order chi connectivity index (χ1) is 11.0. The van der Waals surface area contributed by atoms with E-state index in [0.29, 0.717) is 25.1 Å². The lowest BCUT2D eigenvalue weighted by atomic mass is 10.2. The van der Waals surface area contributed by atoms with Crippen molar-refractivity contribution in [3.05, 3.63) is 54.2 Å². The number of nitrogens with one attached hydrogen (secondary N) is 2. The number of rotatable bonds is 7. The van der Waals surface area contributed by atoms with Crippen LogP contribution in [0.15, 0.2) is 53.6 Å². The zero-order valence-corrected chi connectivity index (χ0v) is 13.2. The van der Waals surface area contributed by atoms with Crippen LogP contribution in [0, 0.1) is 0 Å². The minimum atomic E-state index is -3.82. The second-order valence-corrected chi connectivity index (χ2v) is 6.33. The molecule has 4 N–H and O–H groups in total. The van der Waals surface area contributed by atoms with Crippen molar-refractivity contribution in [2.45, 2.75) is 11.3 Å². The summed E-state index contributed by atoms with van der Waals surface area (Å²) in [4.78, 5) is 15.7. The molecule has 0 atom stereocenters. The molecule has 0 unspecified atom stereocenters. The lowest BCUT2D eigenvalue weighted by Crippen LogP contribution is -2.26. The molecule has 1 heterocycles. The monoisotopic (exact) mass is 334 g/mol. The van der Waals surface area contributed by atoms with Gasteiger partial charge in [-0.3, -0.25) is 4.79 Å². The van der Waals surface area contributed by atoms with Crippen LogP contribution in [0.1, 0.15) is 16.8 Å². The Kier molecular flexibility index (Phi) is 5.67. The van der Waals surface area contributed by atoms with E-state index in [1.54, 1.807) is 24.3 Å². The normalized spacial score (nSPS) is 11.0. The Bertz CT molecular complexity index is 763. The third kappa shape index (κ3) is 5.04. The van der Waals surface area contributed by atoms with Crippen molar-refractivity contribution in [2.24, 2.45) is 5.14 Å². The SMILES string of the molecule is NS(=O)(=O)c1cccnc1NCCCNC(=O)c1ccccc1. The molecule has 122 valence electrons. The number of aromatic nitrogens is 1. The van der Waals surface area contributed by atoms with Crippen molar-refractivity contribution >= 4 is 21.7 Å². The first-order valence-corrected chi connectivity index (χ1v) is 8.58. The molecule has 2 rings (SSSR count). The van der Waals surface area contributed by atoms with Crippen molar-refractivity contribution < 1.29 is 13.2 Å². The summed E-state index contributed by atoms with van der Waals surface area (Å²) in [5.41, 5.74) is 0.599. The highest BCUT2D eigenvalue weighted by Crippen LogP contribution is 2.15. The van der Waals surface area contributed by atoms with Crippen LogP contribution in [-0.4, -0.2) is 32.4 Å². The fourth-order valence-electron chi connectivity index (χ4n) is 1.94. The van der Waals surface area contributed by atoms with E-state index in [-0.39, 0.29) is 16.6 Å². The standard InChI is InChI=1S/C15H18N4O3S/c16-23(21,22)13-8-4-9-17-14(13)18-10-5-11-19-15(20)12-6-2-1-3-7-12/h1-4,6-9H,5,10-11H2,(H,17,18)(H,19,20)(H2,16,21,22). The van der Waals surface area contributed by atoms with Gasteiger partial charge in [-0.15, -0.1) is 0 Å². The molecule has 0 fully saturated rings. The third-order valence-electron chi connectivity index (χ3n) is 3.04. The van der Waals surface area contributed by atoms with Crippen molar-refractivity contribution in [3.63, 3.8) is 0 Å². The van der Waals surface area contributed by atoms with Crippen LogP contribution in [0.25, 0.3) is 0 Å². The van der Waals surface area contributed by atoms with Crippen molar-refractivity contribution in [3.8, 4) is 0 Å². The fourth-order valence-corrected chi connectivity index (χ4v) is 2.60. The fraction of sp³-hybridized carbons (Fsp3) is 0.200. The highest BCUT2D eigenvalue weighted by Gasteiger charge is 2.13. The Balaban J connectivity index is 1.80. The zero-order valence-electron chi connectivity index (χ0n) is 12.4. The second kappa shape index (κ2) is 7.70. The summed E-state index contributed by atoms with van der Waals surface area (Å²) in [7, 11) is -3.82. The number of nitrogens with two attached hydrogens (primary N) is 1. The molecule has 7 nitrogen and oxygen atoms in total. The van der Waals surface area contributed by atoms with Crippen LogP contribution in [0.4, 0.5) is 5.82 Å². The average Bonchev–Trinajstić information content (AvgIpc) is 2.54. The van der Waals surface area contributed by atoms with Crippen LogP contribution >= 0.6 is 0 Å². The highest BCUT2D eigenvalue weighted by atomic mass is 32.2. The number of hydrogen-bond acceptors (Lipinski definition) is 5. The van der Waals surface area contributed by atoms with E-state index in [9.17, 15) is 13.2 Å². The van der Waals surface area contributed by atoms with Crippen LogP contribution in [0.5, 0.6) is 0 Å². The lowest BCUT2D eigenvalue weighted by Gasteiger charge is -2.09. The number of pyridine rings is 1. The Labute approximate surface area is 135 Å². The molecule has 1 aromatic heterocycles. The molecule has 0 spiro atoms. The summed E-state index contributed by atoms with van der Waals surface area (Å²) in [6.07, 6.45) is 2.09. The number of anilines is 1. The molecule has 8 heteroatoms. The number of carbonyl (C=O) groups excluding carboxylic acids is 1. The molecule has 0 bridgehead atoms. The topological polar surface area (TPSA) is 114 Å². The Morgan fingerprint density at radius 2 is 1.83 bits per heavy atom. The van der Waals surface area contributed by atoms with E-state index in [0.717, 1.165) is 0 Å². The first-order valence-electron chi connectivity index (χ1n) is 7.03. The minimum absolute atomic E-state index is 0.0479. The van der Waals surface area contributed by atoms with Crippen LogP contribution in [0.2, 0.25) is 0 Å². The summed E-state index contributed by atoms with van der Waals surface area (Å²) in [5, 5.41) is 10.8. The van der Waals surface area contributed by atoms with Gasteiger partial charge < -0.3 is 10.6 Å². The summed E-state index contributed by atoms with van der Waals surface area (Å²) < 4.78 is 22.9. The molecular formula is C15H18N4O3S. The second-order valence-electron chi connectivity index (χ2n) is 4.80. The summed E-state index contributed by atoms with van der Waals surface area (Å²) in [5.74, 6) is 0.0676. The third-order valence-corrected chi connectivity index (χ3v) is 3.99. The van der Waals surface area contributed by atoms with E-state index in [2.05, 4.69) is 15.6 Å². The van der Waals surface area contributed by atoms with Gasteiger partial charge in [0.2, 0.25) is 10.0 Å². The van der Waals surface area contributed by atoms with Gasteiger partial charge in [0.1, 0.15) is 10.7 Å². The van der Waals surface area contributed by atoms with Gasteiger partial charge in [0, 0.05) is 24.8 Å². The largest absolute Gasteiger partial charge is 0.369 e. The lowest BCUT2D eigenvalue weighted by molar-refractivity contribution is 0.0953. The van der Waals surface area contributed by atoms with E-state index >= 15 is 0 Å². The Morgan fingerprint density at radius 1 is 1.09 bits per heavy atom. The number of hydrogen-bond donors (Lipinski definition) is 3. The van der Waals surface area contributed by atoms with Crippen LogP contribution in [0.3, 0.4) is 0 Å². The van der Waals surface area contributed by atoms with Gasteiger partial charge in [0.25, 0.3) is 5.91 Å². The number of nitrogens with zero attached hydrogens (tertiary/aromatic N) is 1. The Morgan fingerprint density at radius 3 is 2.52 bits per heavy atom. The van der Waals surface area contributed by atoms with Gasteiger partial charge in [-0.2, -0.15) is 0 Å². The predicted molar refractivity (Wildman–Crippen MR) is 87.5 cm³/mol. The van der Waals surface area contributed by atoms with E-state index in [1.807, 2.05) is 6.07 Å². The van der Waals surface area contributed by atoms with Gasteiger partial charge in [-0.05, 0) is 30.7 Å². The molecule has 0 aliphatic heterocycles. The molecule has 1 amide bonds. The smallest absolute Gasteiger partial charge is 0.251 e. The summed E-state index contributed by atoms with van der Waals surface area (Å²) >= 11 is 0. The number of amides is 1. The molecule has 0 aliphatic rings. The number of carbonyl (C=O) groups is 1. The molecule has 0 saturated heterocycles. The van der Waals surface area contributed by atoms with Crippen molar-refractivity contribution in [1.29, 1.82) is 0 Å². The van der Waals surface area contributed by atoms with Gasteiger partial charge in [0.05, 0.1) is 0 Å². The molecule has 0 radical (unpaired) electrons. The van der Waals surface area contributed by atoms with Crippen LogP contribution < -0.4 is 15.8 Å². The average molecular weight is 334 g/mol. The van der Waals surface area contributed by atoms with Gasteiger partial charge >= 0.3 is 0 Å². The summed E-state index contributed by atoms with van der Waals surface area (Å²) in [6, 6.07) is 11.8. The summed E-state index contributed by atoms with van der Waals surface area (Å²) in [6.45, 7) is 0.910.